The van der Waals surface area contributed by atoms with Crippen LogP contribution < -0.4 is 15.5 Å². The first-order valence-electron chi connectivity index (χ1n) is 10.0. The van der Waals surface area contributed by atoms with Crippen LogP contribution in [0, 0.1) is 0 Å². The number of nitrogens with zero attached hydrogens (tertiary/aromatic N) is 6. The minimum Gasteiger partial charge on any atom is -0.351 e. The maximum Gasteiger partial charge on any atom is 0.254 e. The number of aromatic nitrogens is 4. The Balaban J connectivity index is 1.51. The zero-order chi connectivity index (χ0) is 21.8. The molecule has 3 aliphatic rings. The van der Waals surface area contributed by atoms with Crippen LogP contribution in [-0.2, 0) is 19.6 Å². The van der Waals surface area contributed by atoms with Crippen LogP contribution in [0.4, 0.5) is 11.9 Å². The second-order valence-electron chi connectivity index (χ2n) is 7.97. The van der Waals surface area contributed by atoms with E-state index in [0.717, 1.165) is 12.8 Å². The Kier molecular flexibility index (Phi) is 4.66. The molecule has 2 saturated heterocycles. The molecule has 164 valence electrons. The molecule has 1 aliphatic carbocycles. The van der Waals surface area contributed by atoms with E-state index >= 15 is 0 Å². The van der Waals surface area contributed by atoms with Crippen molar-refractivity contribution in [2.24, 2.45) is 0 Å². The fourth-order valence-electron chi connectivity index (χ4n) is 3.66. The predicted molar refractivity (Wildman–Crippen MR) is 112 cm³/mol. The van der Waals surface area contributed by atoms with Gasteiger partial charge in [-0.05, 0) is 18.9 Å². The van der Waals surface area contributed by atoms with Gasteiger partial charge in [0, 0.05) is 43.4 Å². The molecule has 2 aliphatic heterocycles. The monoisotopic (exact) mass is 446 g/mol. The molecule has 0 aromatic carbocycles. The summed E-state index contributed by atoms with van der Waals surface area (Å²) in [4.78, 5) is 34.7. The van der Waals surface area contributed by atoms with Crippen molar-refractivity contribution in [3.63, 3.8) is 0 Å². The van der Waals surface area contributed by atoms with Crippen LogP contribution in [0.15, 0.2) is 11.8 Å². The number of anilines is 2. The molecule has 4 heterocycles. The molecule has 3 fully saturated rings. The standard InChI is InChI=1S/C18H22N8O4S/c1-31(29,30)25-6-4-24(5-7-25)17-22-15-12(8-11-9-14(27)21-16(11)28)10-19-26(15)18(23-17)20-13-2-3-13/h8,10,13H,2-7,9H2,1H3,(H,20,22,23)(H,21,27,28)/b11-8+. The molecule has 0 spiro atoms. The van der Waals surface area contributed by atoms with Gasteiger partial charge in [-0.1, -0.05) is 0 Å². The third-order valence-corrected chi connectivity index (χ3v) is 6.81. The van der Waals surface area contributed by atoms with Crippen molar-refractivity contribution in [3.05, 3.63) is 17.3 Å². The van der Waals surface area contributed by atoms with Gasteiger partial charge in [-0.15, -0.1) is 0 Å². The Morgan fingerprint density at radius 2 is 1.90 bits per heavy atom. The fraction of sp³-hybridized carbons (Fsp3) is 0.500. The average Bonchev–Trinajstić information content (AvgIpc) is 3.35. The SMILES string of the molecule is CS(=O)(=O)N1CCN(c2nc(NC3CC3)n3ncc(/C=C4\CC(=O)NC4=O)c3n2)CC1. The van der Waals surface area contributed by atoms with Gasteiger partial charge in [-0.2, -0.15) is 23.9 Å². The number of imide groups is 1. The number of hydrogen-bond donors (Lipinski definition) is 2. The number of nitrogens with one attached hydrogen (secondary N) is 2. The highest BCUT2D eigenvalue weighted by Gasteiger charge is 2.29. The molecule has 1 saturated carbocycles. The van der Waals surface area contributed by atoms with Gasteiger partial charge < -0.3 is 10.2 Å². The van der Waals surface area contributed by atoms with Gasteiger partial charge in [0.05, 0.1) is 18.9 Å². The highest BCUT2D eigenvalue weighted by atomic mass is 32.2. The van der Waals surface area contributed by atoms with Crippen LogP contribution in [0.1, 0.15) is 24.8 Å². The van der Waals surface area contributed by atoms with Crippen molar-refractivity contribution >= 4 is 45.5 Å². The highest BCUT2D eigenvalue weighted by Crippen LogP contribution is 2.27. The van der Waals surface area contributed by atoms with Gasteiger partial charge in [-0.25, -0.2) is 8.42 Å². The van der Waals surface area contributed by atoms with Crippen molar-refractivity contribution in [2.45, 2.75) is 25.3 Å². The number of carbonyl (C=O) groups is 2. The maximum absolute atomic E-state index is 12.0. The number of sulfonamides is 1. The first kappa shape index (κ1) is 19.9. The minimum absolute atomic E-state index is 0.0226. The van der Waals surface area contributed by atoms with Crippen LogP contribution in [0.25, 0.3) is 11.7 Å². The van der Waals surface area contributed by atoms with Crippen molar-refractivity contribution in [2.75, 3.05) is 42.7 Å². The smallest absolute Gasteiger partial charge is 0.254 e. The van der Waals surface area contributed by atoms with Crippen LogP contribution in [-0.4, -0.2) is 82.6 Å². The zero-order valence-corrected chi connectivity index (χ0v) is 17.7. The van der Waals surface area contributed by atoms with Crippen LogP contribution in [0.5, 0.6) is 0 Å². The molecule has 0 radical (unpaired) electrons. The second-order valence-corrected chi connectivity index (χ2v) is 9.96. The minimum atomic E-state index is -3.24. The first-order valence-corrected chi connectivity index (χ1v) is 11.9. The Bertz CT molecular complexity index is 1210. The molecule has 2 N–H and O–H groups in total. The summed E-state index contributed by atoms with van der Waals surface area (Å²) >= 11 is 0. The number of amides is 2. The number of hydrogen-bond acceptors (Lipinski definition) is 9. The summed E-state index contributed by atoms with van der Waals surface area (Å²) in [6.45, 7) is 1.65. The summed E-state index contributed by atoms with van der Waals surface area (Å²) in [7, 11) is -3.24. The molecular weight excluding hydrogens is 424 g/mol. The quantitative estimate of drug-likeness (QED) is 0.446. The van der Waals surface area contributed by atoms with Gasteiger partial charge >= 0.3 is 0 Å². The van der Waals surface area contributed by atoms with E-state index in [0.29, 0.717) is 60.9 Å². The summed E-state index contributed by atoms with van der Waals surface area (Å²) in [5.74, 6) is 0.273. The molecule has 13 heteroatoms. The Hall–Kier alpha value is -3.06. The first-order chi connectivity index (χ1) is 14.8. The molecule has 2 aromatic heterocycles. The van der Waals surface area contributed by atoms with Crippen molar-refractivity contribution < 1.29 is 18.0 Å². The van der Waals surface area contributed by atoms with E-state index in [2.05, 4.69) is 25.7 Å². The summed E-state index contributed by atoms with van der Waals surface area (Å²) in [5, 5.41) is 10.0. The lowest BCUT2D eigenvalue weighted by Crippen LogP contribution is -2.49. The van der Waals surface area contributed by atoms with Gasteiger partial charge in [0.1, 0.15) is 0 Å². The van der Waals surface area contributed by atoms with E-state index in [9.17, 15) is 18.0 Å². The predicted octanol–water partition coefficient (Wildman–Crippen LogP) is -0.790. The van der Waals surface area contributed by atoms with E-state index in [1.54, 1.807) is 16.8 Å². The molecule has 31 heavy (non-hydrogen) atoms. The molecule has 2 aromatic rings. The Morgan fingerprint density at radius 3 is 2.52 bits per heavy atom. The van der Waals surface area contributed by atoms with Crippen LogP contribution in [0.3, 0.4) is 0 Å². The van der Waals surface area contributed by atoms with E-state index in [1.807, 2.05) is 4.90 Å². The van der Waals surface area contributed by atoms with E-state index in [4.69, 9.17) is 0 Å². The molecule has 12 nitrogen and oxygen atoms in total. The lowest BCUT2D eigenvalue weighted by atomic mass is 10.1. The lowest BCUT2D eigenvalue weighted by molar-refractivity contribution is -0.124. The molecule has 0 unspecified atom stereocenters. The average molecular weight is 446 g/mol. The van der Waals surface area contributed by atoms with Crippen molar-refractivity contribution in [3.8, 4) is 0 Å². The van der Waals surface area contributed by atoms with Gasteiger partial charge in [-0.3, -0.25) is 14.9 Å². The highest BCUT2D eigenvalue weighted by molar-refractivity contribution is 7.88. The van der Waals surface area contributed by atoms with Gasteiger partial charge in [0.15, 0.2) is 5.65 Å². The molecule has 5 rings (SSSR count). The fourth-order valence-corrected chi connectivity index (χ4v) is 4.49. The van der Waals surface area contributed by atoms with E-state index < -0.39 is 15.9 Å². The van der Waals surface area contributed by atoms with Crippen molar-refractivity contribution in [1.29, 1.82) is 0 Å². The largest absolute Gasteiger partial charge is 0.351 e. The van der Waals surface area contributed by atoms with Gasteiger partial charge in [0.2, 0.25) is 27.8 Å². The van der Waals surface area contributed by atoms with E-state index in [1.165, 1.54) is 10.6 Å². The number of carbonyl (C=O) groups excluding carboxylic acids is 2. The molecule has 0 bridgehead atoms. The third-order valence-electron chi connectivity index (χ3n) is 5.51. The van der Waals surface area contributed by atoms with E-state index in [-0.39, 0.29) is 12.3 Å². The summed E-state index contributed by atoms with van der Waals surface area (Å²) in [5.41, 5.74) is 1.48. The van der Waals surface area contributed by atoms with Crippen LogP contribution in [0.2, 0.25) is 0 Å². The third kappa shape index (κ3) is 3.97. The Morgan fingerprint density at radius 1 is 1.16 bits per heavy atom. The number of piperazine rings is 1. The van der Waals surface area contributed by atoms with Gasteiger partial charge in [0.25, 0.3) is 5.91 Å². The number of fused-ring (bicyclic) bond motifs is 1. The topological polar surface area (TPSA) is 142 Å². The summed E-state index contributed by atoms with van der Waals surface area (Å²) in [6.07, 6.45) is 6.55. The van der Waals surface area contributed by atoms with Crippen molar-refractivity contribution in [1.82, 2.24) is 29.2 Å². The molecule has 2 amide bonds. The zero-order valence-electron chi connectivity index (χ0n) is 16.9. The Labute approximate surface area is 178 Å². The summed E-state index contributed by atoms with van der Waals surface area (Å²) in [6, 6.07) is 0.331. The maximum atomic E-state index is 12.0. The second kappa shape index (κ2) is 7.27. The molecular formula is C18H22N8O4S. The summed E-state index contributed by atoms with van der Waals surface area (Å²) < 4.78 is 26.6. The molecule has 0 atom stereocenters. The lowest BCUT2D eigenvalue weighted by Gasteiger charge is -2.33. The normalized spacial score (nSPS) is 21.8. The number of rotatable bonds is 5. The van der Waals surface area contributed by atoms with Crippen LogP contribution >= 0.6 is 0 Å².